The first-order valence-electron chi connectivity index (χ1n) is 7.69. The fraction of sp³-hybridized carbons (Fsp3) is 0.647. The minimum absolute atomic E-state index is 0.0365. The molecule has 1 N–H and O–H groups in total. The van der Waals surface area contributed by atoms with E-state index in [2.05, 4.69) is 13.2 Å². The molecule has 3 fully saturated rings. The van der Waals surface area contributed by atoms with E-state index in [-0.39, 0.29) is 23.9 Å². The van der Waals surface area contributed by atoms with Crippen LogP contribution in [0.2, 0.25) is 0 Å². The Hall–Kier alpha value is -1.62. The molecule has 0 bridgehead atoms. The number of carbonyl (C=O) groups excluding carboxylic acids is 2. The topological polar surface area (TPSA) is 72.8 Å². The summed E-state index contributed by atoms with van der Waals surface area (Å²) in [7, 11) is 0. The number of ether oxygens (including phenoxy) is 2. The maximum absolute atomic E-state index is 11.9. The Morgan fingerprint density at radius 3 is 2.77 bits per heavy atom. The van der Waals surface area contributed by atoms with Crippen LogP contribution in [-0.4, -0.2) is 35.4 Å². The molecule has 2 saturated carbocycles. The predicted octanol–water partition coefficient (Wildman–Crippen LogP) is 1.75. The summed E-state index contributed by atoms with van der Waals surface area (Å²) in [5.41, 5.74) is 0.823. The van der Waals surface area contributed by atoms with Gasteiger partial charge in [0, 0.05) is 36.2 Å². The molecule has 0 aromatic carbocycles. The molecule has 6 atom stereocenters. The van der Waals surface area contributed by atoms with Crippen molar-refractivity contribution >= 4 is 11.9 Å². The van der Waals surface area contributed by atoms with Crippen LogP contribution < -0.4 is 0 Å². The van der Waals surface area contributed by atoms with Gasteiger partial charge in [0.15, 0.2) is 0 Å². The summed E-state index contributed by atoms with van der Waals surface area (Å²) in [6.45, 7) is 11.3. The third-order valence-electron chi connectivity index (χ3n) is 5.70. The molecular formula is C17H22O5. The zero-order chi connectivity index (χ0) is 16.2. The zero-order valence-electron chi connectivity index (χ0n) is 13.0. The second-order valence-electron chi connectivity index (χ2n) is 6.95. The molecule has 2 aliphatic carbocycles. The molecule has 5 nitrogen and oxygen atoms in total. The summed E-state index contributed by atoms with van der Waals surface area (Å²) in [6, 6.07) is 0. The van der Waals surface area contributed by atoms with E-state index >= 15 is 0 Å². The van der Waals surface area contributed by atoms with Crippen molar-refractivity contribution in [2.75, 3.05) is 0 Å². The summed E-state index contributed by atoms with van der Waals surface area (Å²) < 4.78 is 10.8. The summed E-state index contributed by atoms with van der Waals surface area (Å²) in [4.78, 5) is 23.2. The Bertz CT molecular complexity index is 565. The number of aliphatic hydroxyl groups excluding tert-OH is 1. The first kappa shape index (κ1) is 15.3. The lowest BCUT2D eigenvalue weighted by Crippen LogP contribution is -2.56. The molecule has 1 saturated heterocycles. The van der Waals surface area contributed by atoms with Crippen molar-refractivity contribution in [3.8, 4) is 0 Å². The number of rotatable bonds is 1. The number of hydrogen-bond acceptors (Lipinski definition) is 5. The van der Waals surface area contributed by atoms with Crippen LogP contribution in [0.5, 0.6) is 0 Å². The maximum atomic E-state index is 11.9. The van der Waals surface area contributed by atoms with E-state index in [9.17, 15) is 14.7 Å². The molecule has 3 aliphatic rings. The van der Waals surface area contributed by atoms with Gasteiger partial charge in [-0.05, 0) is 18.4 Å². The Balaban J connectivity index is 1.96. The lowest BCUT2D eigenvalue weighted by Gasteiger charge is -2.54. The van der Waals surface area contributed by atoms with Gasteiger partial charge in [0.25, 0.3) is 0 Å². The summed E-state index contributed by atoms with van der Waals surface area (Å²) in [6.07, 6.45) is 0.362. The van der Waals surface area contributed by atoms with E-state index in [1.807, 2.05) is 6.92 Å². The molecule has 0 radical (unpaired) electrons. The van der Waals surface area contributed by atoms with E-state index in [0.717, 1.165) is 18.4 Å². The van der Waals surface area contributed by atoms with Gasteiger partial charge in [0.1, 0.15) is 12.2 Å². The summed E-state index contributed by atoms with van der Waals surface area (Å²) >= 11 is 0. The largest absolute Gasteiger partial charge is 0.458 e. The predicted molar refractivity (Wildman–Crippen MR) is 78.7 cm³/mol. The van der Waals surface area contributed by atoms with E-state index < -0.39 is 23.6 Å². The second kappa shape index (κ2) is 4.95. The van der Waals surface area contributed by atoms with Crippen molar-refractivity contribution in [3.63, 3.8) is 0 Å². The number of carbonyl (C=O) groups is 2. The van der Waals surface area contributed by atoms with Crippen molar-refractivity contribution in [2.45, 2.75) is 51.4 Å². The minimum atomic E-state index is -0.624. The van der Waals surface area contributed by atoms with Crippen molar-refractivity contribution < 1.29 is 24.2 Å². The third kappa shape index (κ3) is 2.02. The molecule has 120 valence electrons. The van der Waals surface area contributed by atoms with Gasteiger partial charge >= 0.3 is 11.9 Å². The Labute approximate surface area is 130 Å². The summed E-state index contributed by atoms with van der Waals surface area (Å²) in [5, 5.41) is 10.6. The highest BCUT2D eigenvalue weighted by Gasteiger charge is 2.60. The fourth-order valence-electron chi connectivity index (χ4n) is 4.42. The molecule has 0 unspecified atom stereocenters. The van der Waals surface area contributed by atoms with Crippen molar-refractivity contribution in [3.05, 3.63) is 24.3 Å². The lowest BCUT2D eigenvalue weighted by atomic mass is 9.53. The highest BCUT2D eigenvalue weighted by Crippen LogP contribution is 2.57. The number of hydrogen-bond donors (Lipinski definition) is 1. The summed E-state index contributed by atoms with van der Waals surface area (Å²) in [5.74, 6) is -1.02. The van der Waals surface area contributed by atoms with Gasteiger partial charge in [0.05, 0.1) is 6.10 Å². The van der Waals surface area contributed by atoms with E-state index in [0.29, 0.717) is 12.0 Å². The van der Waals surface area contributed by atoms with Crippen LogP contribution in [-0.2, 0) is 19.1 Å². The van der Waals surface area contributed by atoms with E-state index in [1.54, 1.807) is 0 Å². The quantitative estimate of drug-likeness (QED) is 0.454. The van der Waals surface area contributed by atoms with Crippen LogP contribution in [0, 0.1) is 17.3 Å². The van der Waals surface area contributed by atoms with Crippen molar-refractivity contribution in [2.24, 2.45) is 17.3 Å². The van der Waals surface area contributed by atoms with Gasteiger partial charge in [-0.1, -0.05) is 20.1 Å². The van der Waals surface area contributed by atoms with Crippen LogP contribution in [0.15, 0.2) is 24.3 Å². The van der Waals surface area contributed by atoms with E-state index in [4.69, 9.17) is 9.47 Å². The number of aliphatic hydroxyl groups is 1. The van der Waals surface area contributed by atoms with Crippen LogP contribution in [0.1, 0.15) is 33.1 Å². The molecule has 3 rings (SSSR count). The second-order valence-corrected chi connectivity index (χ2v) is 6.95. The van der Waals surface area contributed by atoms with Crippen molar-refractivity contribution in [1.29, 1.82) is 0 Å². The van der Waals surface area contributed by atoms with E-state index in [1.165, 1.54) is 6.92 Å². The van der Waals surface area contributed by atoms with Crippen LogP contribution in [0.3, 0.4) is 0 Å². The molecule has 22 heavy (non-hydrogen) atoms. The molecule has 0 amide bonds. The van der Waals surface area contributed by atoms with Gasteiger partial charge < -0.3 is 14.6 Å². The maximum Gasteiger partial charge on any atom is 0.334 e. The highest BCUT2D eigenvalue weighted by molar-refractivity contribution is 5.91. The van der Waals surface area contributed by atoms with Crippen LogP contribution in [0.4, 0.5) is 0 Å². The molecule has 0 aromatic rings. The number of esters is 2. The third-order valence-corrected chi connectivity index (χ3v) is 5.70. The Kier molecular flexibility index (Phi) is 3.44. The standard InChI is InChI=1S/C17H22O5/c1-8-11-5-6-17(4)13(19)7-12(21-10(3)18)9(2)14(17)15(11)22-16(8)20/h11-15,19H,1-2,5-7H2,3-4H3/t11-,12-,13+,14+,15-,17-/m0/s1. The average molecular weight is 306 g/mol. The van der Waals surface area contributed by atoms with Gasteiger partial charge in [-0.2, -0.15) is 0 Å². The monoisotopic (exact) mass is 306 g/mol. The van der Waals surface area contributed by atoms with Crippen LogP contribution in [0.25, 0.3) is 0 Å². The SMILES string of the molecule is C=C1[C@@H](OC(C)=O)C[C@@H](O)[C@]2(C)CC[C@H]3C(=C)C(=O)O[C@@H]3[C@@H]12. The zero-order valence-corrected chi connectivity index (χ0v) is 13.0. The highest BCUT2D eigenvalue weighted by atomic mass is 16.6. The molecular weight excluding hydrogens is 284 g/mol. The normalized spacial score (nSPS) is 44.1. The minimum Gasteiger partial charge on any atom is -0.458 e. The molecule has 1 heterocycles. The average Bonchev–Trinajstić information content (AvgIpc) is 2.71. The van der Waals surface area contributed by atoms with Gasteiger partial charge in [-0.3, -0.25) is 4.79 Å². The van der Waals surface area contributed by atoms with Gasteiger partial charge in [-0.25, -0.2) is 4.79 Å². The van der Waals surface area contributed by atoms with Gasteiger partial charge in [0.2, 0.25) is 0 Å². The molecule has 0 aromatic heterocycles. The first-order chi connectivity index (χ1) is 10.3. The molecule has 1 aliphatic heterocycles. The van der Waals surface area contributed by atoms with Crippen LogP contribution >= 0.6 is 0 Å². The first-order valence-corrected chi connectivity index (χ1v) is 7.69. The van der Waals surface area contributed by atoms with Gasteiger partial charge in [-0.15, -0.1) is 0 Å². The Morgan fingerprint density at radius 2 is 2.14 bits per heavy atom. The lowest BCUT2D eigenvalue weighted by molar-refractivity contribution is -0.165. The Morgan fingerprint density at radius 1 is 1.45 bits per heavy atom. The smallest absolute Gasteiger partial charge is 0.334 e. The number of fused-ring (bicyclic) bond motifs is 3. The fourth-order valence-corrected chi connectivity index (χ4v) is 4.42. The molecule has 5 heteroatoms. The van der Waals surface area contributed by atoms with Crippen molar-refractivity contribution in [1.82, 2.24) is 0 Å². The molecule has 0 spiro atoms.